The first-order valence-corrected chi connectivity index (χ1v) is 4.56. The monoisotopic (exact) mass is 201 g/mol. The van der Waals surface area contributed by atoms with Crippen LogP contribution in [0.15, 0.2) is 12.7 Å². The number of rotatable bonds is 3. The third-order valence-corrected chi connectivity index (χ3v) is 1.50. The van der Waals surface area contributed by atoms with Gasteiger partial charge in [0.1, 0.15) is 5.60 Å². The molecule has 2 atom stereocenters. The van der Waals surface area contributed by atoms with E-state index in [1.54, 1.807) is 27.7 Å². The molecule has 14 heavy (non-hydrogen) atoms. The Morgan fingerprint density at radius 2 is 2.07 bits per heavy atom. The minimum Gasteiger partial charge on any atom is -0.444 e. The third-order valence-electron chi connectivity index (χ3n) is 1.50. The molecule has 4 heteroatoms. The molecule has 0 saturated carbocycles. The number of alkyl carbamates (subject to hydrolysis) is 1. The van der Waals surface area contributed by atoms with Crippen LogP contribution >= 0.6 is 0 Å². The van der Waals surface area contributed by atoms with E-state index in [0.29, 0.717) is 0 Å². The molecule has 0 radical (unpaired) electrons. The van der Waals surface area contributed by atoms with Crippen molar-refractivity contribution >= 4 is 6.09 Å². The highest BCUT2D eigenvalue weighted by Crippen LogP contribution is 2.07. The quantitative estimate of drug-likeness (QED) is 0.679. The molecule has 0 heterocycles. The molecule has 0 aliphatic carbocycles. The number of hydrogen-bond donors (Lipinski definition) is 2. The molecule has 0 aromatic rings. The predicted molar refractivity (Wildman–Crippen MR) is 55.0 cm³/mol. The fourth-order valence-corrected chi connectivity index (χ4v) is 0.783. The Hall–Kier alpha value is -1.03. The summed E-state index contributed by atoms with van der Waals surface area (Å²) in [4.78, 5) is 11.2. The standard InChI is InChI=1S/C10H19NO3/c1-6-8(12)7(2)11-9(13)14-10(3,4)5/h6-8,12H,1H2,2-5H3,(H,11,13)/t7-,8?/m1/s1. The van der Waals surface area contributed by atoms with E-state index < -0.39 is 23.8 Å². The largest absolute Gasteiger partial charge is 0.444 e. The lowest BCUT2D eigenvalue weighted by atomic mass is 10.2. The summed E-state index contributed by atoms with van der Waals surface area (Å²) >= 11 is 0. The Kier molecular flexibility index (Phi) is 4.63. The first-order chi connectivity index (χ1) is 6.26. The Bertz CT molecular complexity index is 208. The van der Waals surface area contributed by atoms with Gasteiger partial charge in [-0.15, -0.1) is 6.58 Å². The first kappa shape index (κ1) is 13.0. The molecule has 0 spiro atoms. The molecule has 0 aliphatic rings. The molecule has 0 fully saturated rings. The van der Waals surface area contributed by atoms with Crippen LogP contribution in [0.1, 0.15) is 27.7 Å². The Balaban J connectivity index is 4.01. The molecular formula is C10H19NO3. The van der Waals surface area contributed by atoms with Crippen molar-refractivity contribution < 1.29 is 14.6 Å². The average molecular weight is 201 g/mol. The van der Waals surface area contributed by atoms with E-state index in [9.17, 15) is 9.90 Å². The van der Waals surface area contributed by atoms with Crippen molar-refractivity contribution in [2.75, 3.05) is 0 Å². The highest BCUT2D eigenvalue weighted by Gasteiger charge is 2.19. The zero-order valence-corrected chi connectivity index (χ0v) is 9.20. The topological polar surface area (TPSA) is 58.6 Å². The number of aliphatic hydroxyl groups excluding tert-OH is 1. The van der Waals surface area contributed by atoms with Gasteiger partial charge in [-0.05, 0) is 27.7 Å². The molecule has 4 nitrogen and oxygen atoms in total. The van der Waals surface area contributed by atoms with Crippen molar-refractivity contribution in [3.63, 3.8) is 0 Å². The van der Waals surface area contributed by atoms with Gasteiger partial charge in [0.15, 0.2) is 0 Å². The third kappa shape index (κ3) is 5.59. The van der Waals surface area contributed by atoms with E-state index in [2.05, 4.69) is 11.9 Å². The summed E-state index contributed by atoms with van der Waals surface area (Å²) < 4.78 is 5.01. The van der Waals surface area contributed by atoms with Crippen molar-refractivity contribution in [3.8, 4) is 0 Å². The summed E-state index contributed by atoms with van der Waals surface area (Å²) in [5.74, 6) is 0. The molecule has 0 aromatic carbocycles. The van der Waals surface area contributed by atoms with Gasteiger partial charge >= 0.3 is 6.09 Å². The molecule has 2 N–H and O–H groups in total. The number of hydrogen-bond acceptors (Lipinski definition) is 3. The average Bonchev–Trinajstić information content (AvgIpc) is 1.99. The van der Waals surface area contributed by atoms with Crippen molar-refractivity contribution in [3.05, 3.63) is 12.7 Å². The number of ether oxygens (including phenoxy) is 1. The number of nitrogens with one attached hydrogen (secondary N) is 1. The zero-order chi connectivity index (χ0) is 11.4. The van der Waals surface area contributed by atoms with E-state index >= 15 is 0 Å². The summed E-state index contributed by atoms with van der Waals surface area (Å²) in [7, 11) is 0. The first-order valence-electron chi connectivity index (χ1n) is 4.56. The van der Waals surface area contributed by atoms with Gasteiger partial charge in [0.05, 0.1) is 12.1 Å². The number of amides is 1. The molecule has 82 valence electrons. The van der Waals surface area contributed by atoms with Gasteiger partial charge in [0.25, 0.3) is 0 Å². The summed E-state index contributed by atoms with van der Waals surface area (Å²) in [5.41, 5.74) is -0.525. The van der Waals surface area contributed by atoms with Crippen molar-refractivity contribution in [1.29, 1.82) is 0 Å². The lowest BCUT2D eigenvalue weighted by Gasteiger charge is -2.23. The molecule has 0 aromatic heterocycles. The zero-order valence-electron chi connectivity index (χ0n) is 9.20. The van der Waals surface area contributed by atoms with Gasteiger partial charge in [-0.2, -0.15) is 0 Å². The predicted octanol–water partition coefficient (Wildman–Crippen LogP) is 1.45. The van der Waals surface area contributed by atoms with E-state index in [1.807, 2.05) is 0 Å². The van der Waals surface area contributed by atoms with Gasteiger partial charge < -0.3 is 15.2 Å². The number of carbonyl (C=O) groups is 1. The van der Waals surface area contributed by atoms with Crippen LogP contribution in [0.3, 0.4) is 0 Å². The molecule has 0 rings (SSSR count). The Morgan fingerprint density at radius 3 is 2.43 bits per heavy atom. The lowest BCUT2D eigenvalue weighted by Crippen LogP contribution is -2.42. The van der Waals surface area contributed by atoms with Gasteiger partial charge in [-0.1, -0.05) is 6.08 Å². The second-order valence-corrected chi connectivity index (χ2v) is 4.16. The second kappa shape index (κ2) is 5.00. The summed E-state index contributed by atoms with van der Waals surface area (Å²) in [6, 6.07) is -0.401. The molecule has 0 saturated heterocycles. The van der Waals surface area contributed by atoms with Crippen molar-refractivity contribution in [2.45, 2.75) is 45.4 Å². The van der Waals surface area contributed by atoms with E-state index in [0.717, 1.165) is 0 Å². The highest BCUT2D eigenvalue weighted by atomic mass is 16.6. The number of carbonyl (C=O) groups excluding carboxylic acids is 1. The van der Waals surface area contributed by atoms with Crippen molar-refractivity contribution in [1.82, 2.24) is 5.32 Å². The van der Waals surface area contributed by atoms with Crippen LogP contribution in [0, 0.1) is 0 Å². The smallest absolute Gasteiger partial charge is 0.407 e. The van der Waals surface area contributed by atoms with Crippen LogP contribution in [-0.4, -0.2) is 28.9 Å². The van der Waals surface area contributed by atoms with Crippen LogP contribution in [0.5, 0.6) is 0 Å². The fraction of sp³-hybridized carbons (Fsp3) is 0.700. The minimum absolute atomic E-state index is 0.401. The van der Waals surface area contributed by atoms with Gasteiger partial charge in [-0.3, -0.25) is 0 Å². The van der Waals surface area contributed by atoms with Crippen LogP contribution in [-0.2, 0) is 4.74 Å². The fourth-order valence-electron chi connectivity index (χ4n) is 0.783. The van der Waals surface area contributed by atoms with Gasteiger partial charge in [0.2, 0.25) is 0 Å². The lowest BCUT2D eigenvalue weighted by molar-refractivity contribution is 0.0465. The Morgan fingerprint density at radius 1 is 1.57 bits per heavy atom. The molecule has 1 amide bonds. The number of aliphatic hydroxyl groups is 1. The van der Waals surface area contributed by atoms with Crippen molar-refractivity contribution in [2.24, 2.45) is 0 Å². The van der Waals surface area contributed by atoms with E-state index in [1.165, 1.54) is 6.08 Å². The Labute approximate surface area is 85.0 Å². The van der Waals surface area contributed by atoms with Gasteiger partial charge in [0, 0.05) is 0 Å². The normalized spacial score (nSPS) is 15.5. The van der Waals surface area contributed by atoms with Crippen LogP contribution in [0.2, 0.25) is 0 Å². The SMILES string of the molecule is C=CC(O)[C@@H](C)NC(=O)OC(C)(C)C. The second-order valence-electron chi connectivity index (χ2n) is 4.16. The van der Waals surface area contributed by atoms with Crippen LogP contribution < -0.4 is 5.32 Å². The summed E-state index contributed by atoms with van der Waals surface area (Å²) in [6.45, 7) is 10.4. The summed E-state index contributed by atoms with van der Waals surface area (Å²) in [6.07, 6.45) is 0.0654. The maximum atomic E-state index is 11.2. The molecule has 0 bridgehead atoms. The summed E-state index contributed by atoms with van der Waals surface area (Å²) in [5, 5.41) is 11.8. The van der Waals surface area contributed by atoms with Crippen LogP contribution in [0.4, 0.5) is 4.79 Å². The maximum Gasteiger partial charge on any atom is 0.407 e. The molecule has 1 unspecified atom stereocenters. The van der Waals surface area contributed by atoms with Crippen LogP contribution in [0.25, 0.3) is 0 Å². The molecule has 0 aliphatic heterocycles. The highest BCUT2D eigenvalue weighted by molar-refractivity contribution is 5.68. The molecular weight excluding hydrogens is 182 g/mol. The van der Waals surface area contributed by atoms with E-state index in [-0.39, 0.29) is 0 Å². The van der Waals surface area contributed by atoms with Gasteiger partial charge in [-0.25, -0.2) is 4.79 Å². The maximum absolute atomic E-state index is 11.2. The minimum atomic E-state index is -0.762. The van der Waals surface area contributed by atoms with E-state index in [4.69, 9.17) is 4.74 Å².